The number of amides is 2. The molecule has 0 aromatic carbocycles. The predicted octanol–water partition coefficient (Wildman–Crippen LogP) is 0.940. The third kappa shape index (κ3) is 3.79. The number of carbonyl (C=O) groups excluding carboxylic acids is 2. The lowest BCUT2D eigenvalue weighted by Gasteiger charge is -2.23. The van der Waals surface area contributed by atoms with Gasteiger partial charge in [0.05, 0.1) is 5.56 Å². The van der Waals surface area contributed by atoms with Crippen LogP contribution in [0, 0.1) is 11.3 Å². The third-order valence-corrected chi connectivity index (χ3v) is 2.92. The number of nitrogens with one attached hydrogen (secondary N) is 1. The zero-order valence-corrected chi connectivity index (χ0v) is 11.9. The first kappa shape index (κ1) is 15.6. The molecule has 0 saturated heterocycles. The summed E-state index contributed by atoms with van der Waals surface area (Å²) >= 11 is 0. The van der Waals surface area contributed by atoms with E-state index in [-0.39, 0.29) is 11.6 Å². The minimum Gasteiger partial charge on any atom is -0.341 e. The summed E-state index contributed by atoms with van der Waals surface area (Å²) in [5.74, 6) is -0.556. The molecule has 0 saturated carbocycles. The highest BCUT2D eigenvalue weighted by Crippen LogP contribution is 2.01. The number of nitriles is 1. The normalized spacial score (nSPS) is 11.3. The largest absolute Gasteiger partial charge is 0.341 e. The zero-order chi connectivity index (χ0) is 15.1. The molecule has 2 amide bonds. The molecule has 1 aromatic heterocycles. The molecule has 1 rings (SSSR count). The summed E-state index contributed by atoms with van der Waals surface area (Å²) in [6.45, 7) is 6.62. The van der Waals surface area contributed by atoms with Crippen molar-refractivity contribution in [1.82, 2.24) is 15.2 Å². The van der Waals surface area contributed by atoms with Crippen LogP contribution in [0.2, 0.25) is 0 Å². The Morgan fingerprint density at radius 2 is 2.05 bits per heavy atom. The van der Waals surface area contributed by atoms with Gasteiger partial charge in [0.1, 0.15) is 17.8 Å². The smallest absolute Gasteiger partial charge is 0.270 e. The quantitative estimate of drug-likeness (QED) is 0.865. The van der Waals surface area contributed by atoms with Crippen molar-refractivity contribution >= 4 is 11.8 Å². The predicted molar refractivity (Wildman–Crippen MR) is 73.8 cm³/mol. The summed E-state index contributed by atoms with van der Waals surface area (Å²) in [7, 11) is 0. The second-order valence-electron chi connectivity index (χ2n) is 4.25. The number of hydrogen-bond donors (Lipinski definition) is 1. The van der Waals surface area contributed by atoms with E-state index in [0.29, 0.717) is 18.7 Å². The number of rotatable bonds is 5. The zero-order valence-electron chi connectivity index (χ0n) is 11.9. The highest BCUT2D eigenvalue weighted by Gasteiger charge is 2.20. The maximum atomic E-state index is 12.0. The van der Waals surface area contributed by atoms with Gasteiger partial charge in [0, 0.05) is 19.3 Å². The van der Waals surface area contributed by atoms with E-state index in [1.54, 1.807) is 11.8 Å². The number of likely N-dealkylation sites (N-methyl/N-ethyl adjacent to an activating group) is 1. The molecule has 1 aromatic rings. The molecule has 0 aliphatic rings. The molecule has 106 valence electrons. The summed E-state index contributed by atoms with van der Waals surface area (Å²) in [5.41, 5.74) is 0.567. The van der Waals surface area contributed by atoms with Crippen LogP contribution >= 0.6 is 0 Å². The Balaban J connectivity index is 2.69. The second kappa shape index (κ2) is 7.24. The first-order valence-corrected chi connectivity index (χ1v) is 6.49. The molecule has 6 heteroatoms. The van der Waals surface area contributed by atoms with Gasteiger partial charge in [-0.25, -0.2) is 4.98 Å². The van der Waals surface area contributed by atoms with Gasteiger partial charge in [-0.15, -0.1) is 0 Å². The fourth-order valence-electron chi connectivity index (χ4n) is 1.74. The van der Waals surface area contributed by atoms with Crippen molar-refractivity contribution in [2.75, 3.05) is 13.1 Å². The van der Waals surface area contributed by atoms with Crippen molar-refractivity contribution < 1.29 is 9.59 Å². The number of pyridine rings is 1. The Morgan fingerprint density at radius 3 is 2.50 bits per heavy atom. The van der Waals surface area contributed by atoms with Crippen molar-refractivity contribution in [3.63, 3.8) is 0 Å². The van der Waals surface area contributed by atoms with Crippen molar-refractivity contribution in [2.45, 2.75) is 26.8 Å². The van der Waals surface area contributed by atoms with Gasteiger partial charge in [-0.1, -0.05) is 0 Å². The van der Waals surface area contributed by atoms with E-state index in [0.717, 1.165) is 0 Å². The van der Waals surface area contributed by atoms with E-state index in [1.807, 2.05) is 19.9 Å². The van der Waals surface area contributed by atoms with Crippen LogP contribution in [0.25, 0.3) is 0 Å². The summed E-state index contributed by atoms with van der Waals surface area (Å²) in [5, 5.41) is 11.3. The Labute approximate surface area is 118 Å². The number of hydrogen-bond acceptors (Lipinski definition) is 4. The van der Waals surface area contributed by atoms with Gasteiger partial charge in [0.15, 0.2) is 0 Å². The minimum atomic E-state index is -0.611. The van der Waals surface area contributed by atoms with E-state index in [9.17, 15) is 9.59 Å². The number of aromatic nitrogens is 1. The molecule has 1 heterocycles. The van der Waals surface area contributed by atoms with Crippen LogP contribution in [0.3, 0.4) is 0 Å². The average Bonchev–Trinajstić information content (AvgIpc) is 2.48. The lowest BCUT2D eigenvalue weighted by Crippen LogP contribution is -2.47. The molecule has 0 aliphatic heterocycles. The molecule has 1 atom stereocenters. The first-order valence-electron chi connectivity index (χ1n) is 6.49. The number of carbonyl (C=O) groups is 2. The summed E-state index contributed by atoms with van der Waals surface area (Å²) in [6.07, 6.45) is 1.33. The maximum Gasteiger partial charge on any atom is 0.270 e. The van der Waals surface area contributed by atoms with Gasteiger partial charge in [-0.3, -0.25) is 9.59 Å². The van der Waals surface area contributed by atoms with Crippen LogP contribution in [0.5, 0.6) is 0 Å². The van der Waals surface area contributed by atoms with E-state index in [4.69, 9.17) is 5.26 Å². The van der Waals surface area contributed by atoms with Gasteiger partial charge in [-0.05, 0) is 32.9 Å². The molecule has 0 spiro atoms. The van der Waals surface area contributed by atoms with Gasteiger partial charge >= 0.3 is 0 Å². The molecule has 0 fully saturated rings. The van der Waals surface area contributed by atoms with Crippen molar-refractivity contribution in [2.24, 2.45) is 0 Å². The number of nitrogens with zero attached hydrogens (tertiary/aromatic N) is 3. The summed E-state index contributed by atoms with van der Waals surface area (Å²) < 4.78 is 0. The molecule has 1 unspecified atom stereocenters. The lowest BCUT2D eigenvalue weighted by atomic mass is 10.2. The van der Waals surface area contributed by atoms with Gasteiger partial charge in [-0.2, -0.15) is 5.26 Å². The summed E-state index contributed by atoms with van der Waals surface area (Å²) in [4.78, 5) is 29.5. The van der Waals surface area contributed by atoms with E-state index in [2.05, 4.69) is 10.3 Å². The molecule has 20 heavy (non-hydrogen) atoms. The van der Waals surface area contributed by atoms with Crippen molar-refractivity contribution in [3.05, 3.63) is 29.6 Å². The Kier molecular flexibility index (Phi) is 5.66. The molecule has 6 nitrogen and oxygen atoms in total. The summed E-state index contributed by atoms with van der Waals surface area (Å²) in [6, 6.07) is 4.29. The van der Waals surface area contributed by atoms with Crippen LogP contribution in [-0.4, -0.2) is 40.8 Å². The molecule has 0 radical (unpaired) electrons. The van der Waals surface area contributed by atoms with Crippen LogP contribution in [0.4, 0.5) is 0 Å². The van der Waals surface area contributed by atoms with Crippen LogP contribution in [0.1, 0.15) is 36.8 Å². The third-order valence-electron chi connectivity index (χ3n) is 2.92. The Bertz CT molecular complexity index is 515. The highest BCUT2D eigenvalue weighted by molar-refractivity contribution is 5.95. The maximum absolute atomic E-state index is 12.0. The molecule has 0 aliphatic carbocycles. The topological polar surface area (TPSA) is 86.1 Å². The lowest BCUT2D eigenvalue weighted by molar-refractivity contribution is -0.132. The second-order valence-corrected chi connectivity index (χ2v) is 4.25. The Morgan fingerprint density at radius 1 is 1.40 bits per heavy atom. The highest BCUT2D eigenvalue weighted by atomic mass is 16.2. The van der Waals surface area contributed by atoms with E-state index in [1.165, 1.54) is 18.3 Å². The molecular formula is C14H18N4O2. The van der Waals surface area contributed by atoms with E-state index >= 15 is 0 Å². The van der Waals surface area contributed by atoms with Crippen molar-refractivity contribution in [1.29, 1.82) is 5.26 Å². The van der Waals surface area contributed by atoms with Gasteiger partial charge < -0.3 is 10.2 Å². The van der Waals surface area contributed by atoms with Crippen LogP contribution < -0.4 is 5.32 Å². The van der Waals surface area contributed by atoms with Crippen molar-refractivity contribution in [3.8, 4) is 6.07 Å². The minimum absolute atomic E-state index is 0.128. The fourth-order valence-corrected chi connectivity index (χ4v) is 1.74. The molecule has 0 bridgehead atoms. The SMILES string of the molecule is CCN(CC)C(=O)C(C)NC(=O)c1ccc(C#N)cn1. The van der Waals surface area contributed by atoms with Gasteiger partial charge in [0.25, 0.3) is 5.91 Å². The monoisotopic (exact) mass is 274 g/mol. The van der Waals surface area contributed by atoms with Crippen LogP contribution in [-0.2, 0) is 4.79 Å². The van der Waals surface area contributed by atoms with E-state index < -0.39 is 11.9 Å². The fraction of sp³-hybridized carbons (Fsp3) is 0.429. The Hall–Kier alpha value is -2.42. The van der Waals surface area contributed by atoms with Crippen LogP contribution in [0.15, 0.2) is 18.3 Å². The first-order chi connectivity index (χ1) is 9.53. The standard InChI is InChI=1S/C14H18N4O2/c1-4-18(5-2)14(20)10(3)17-13(19)12-7-6-11(8-15)9-16-12/h6-7,9-10H,4-5H2,1-3H3,(H,17,19). The molecular weight excluding hydrogens is 256 g/mol. The average molecular weight is 274 g/mol. The molecule has 1 N–H and O–H groups in total. The van der Waals surface area contributed by atoms with Gasteiger partial charge in [0.2, 0.25) is 5.91 Å².